The van der Waals surface area contributed by atoms with Crippen LogP contribution in [0.5, 0.6) is 5.75 Å². The number of imidazole rings is 1. The van der Waals surface area contributed by atoms with Gasteiger partial charge in [0.05, 0.1) is 5.52 Å². The van der Waals surface area contributed by atoms with Gasteiger partial charge in [-0.05, 0) is 30.7 Å². The van der Waals surface area contributed by atoms with Crippen molar-refractivity contribution in [1.82, 2.24) is 9.38 Å². The largest absolute Gasteiger partial charge is 0.483 e. The average molecular weight is 300 g/mol. The molecule has 5 nitrogen and oxygen atoms in total. The smallest absolute Gasteiger partial charge is 0.356 e. The molecule has 22 heavy (non-hydrogen) atoms. The van der Waals surface area contributed by atoms with Crippen LogP contribution in [0.2, 0.25) is 0 Å². The van der Waals surface area contributed by atoms with Crippen LogP contribution in [0.15, 0.2) is 42.6 Å². The molecule has 0 unspecified atom stereocenters. The second-order valence-corrected chi connectivity index (χ2v) is 4.81. The fourth-order valence-electron chi connectivity index (χ4n) is 2.32. The lowest BCUT2D eigenvalue weighted by atomic mass is 10.2. The van der Waals surface area contributed by atoms with Crippen LogP contribution in [0.4, 0.5) is 4.39 Å². The van der Waals surface area contributed by atoms with Crippen molar-refractivity contribution in [2.75, 3.05) is 0 Å². The van der Waals surface area contributed by atoms with Gasteiger partial charge in [0.2, 0.25) is 0 Å². The monoisotopic (exact) mass is 300 g/mol. The van der Waals surface area contributed by atoms with E-state index in [1.54, 1.807) is 28.8 Å². The molecule has 0 spiro atoms. The van der Waals surface area contributed by atoms with Crippen LogP contribution in [-0.4, -0.2) is 20.5 Å². The number of rotatable bonds is 4. The molecule has 3 aromatic rings. The fourth-order valence-corrected chi connectivity index (χ4v) is 2.32. The molecule has 0 aliphatic rings. The maximum atomic E-state index is 13.6. The number of aromatic nitrogens is 2. The van der Waals surface area contributed by atoms with Crippen LogP contribution in [-0.2, 0) is 6.61 Å². The number of benzene rings is 1. The average Bonchev–Trinajstić information content (AvgIpc) is 2.87. The number of carboxylic acid groups (broad SMARTS) is 1. The Bertz CT molecular complexity index is 858. The summed E-state index contributed by atoms with van der Waals surface area (Å²) in [5.41, 5.74) is 1.27. The van der Waals surface area contributed by atoms with E-state index >= 15 is 0 Å². The fraction of sp³-hybridized carbons (Fsp3) is 0.125. The second-order valence-electron chi connectivity index (χ2n) is 4.81. The molecule has 0 aliphatic heterocycles. The van der Waals surface area contributed by atoms with E-state index in [2.05, 4.69) is 4.98 Å². The molecule has 0 fully saturated rings. The summed E-state index contributed by atoms with van der Waals surface area (Å²) in [6.45, 7) is 1.78. The summed E-state index contributed by atoms with van der Waals surface area (Å²) in [5.74, 6) is -1.08. The number of pyridine rings is 1. The molecule has 0 amide bonds. The van der Waals surface area contributed by atoms with E-state index in [4.69, 9.17) is 4.74 Å². The van der Waals surface area contributed by atoms with E-state index < -0.39 is 11.8 Å². The summed E-state index contributed by atoms with van der Waals surface area (Å²) < 4.78 is 20.6. The van der Waals surface area contributed by atoms with Crippen LogP contribution >= 0.6 is 0 Å². The number of hydrogen-bond donors (Lipinski definition) is 1. The second kappa shape index (κ2) is 5.48. The number of halogens is 1. The summed E-state index contributed by atoms with van der Waals surface area (Å²) in [6.07, 6.45) is 1.71. The molecule has 112 valence electrons. The number of hydrogen-bond acceptors (Lipinski definition) is 3. The summed E-state index contributed by atoms with van der Waals surface area (Å²) in [4.78, 5) is 15.4. The van der Waals surface area contributed by atoms with Gasteiger partial charge in [0.15, 0.2) is 23.1 Å². The highest BCUT2D eigenvalue weighted by Gasteiger charge is 2.18. The molecular formula is C16H13FN2O3. The summed E-state index contributed by atoms with van der Waals surface area (Å²) >= 11 is 0. The first-order valence-corrected chi connectivity index (χ1v) is 6.65. The molecule has 0 atom stereocenters. The highest BCUT2D eigenvalue weighted by molar-refractivity contribution is 5.94. The maximum Gasteiger partial charge on any atom is 0.356 e. The number of carbonyl (C=O) groups is 1. The van der Waals surface area contributed by atoms with Crippen LogP contribution in [0, 0.1) is 12.7 Å². The van der Waals surface area contributed by atoms with Gasteiger partial charge in [-0.15, -0.1) is 0 Å². The molecule has 0 aliphatic carbocycles. The molecule has 2 aromatic heterocycles. The molecule has 1 N–H and O–H groups in total. The van der Waals surface area contributed by atoms with Crippen LogP contribution in [0.1, 0.15) is 21.9 Å². The Hall–Kier alpha value is -2.89. The first-order chi connectivity index (χ1) is 10.6. The lowest BCUT2D eigenvalue weighted by molar-refractivity contribution is 0.0693. The van der Waals surface area contributed by atoms with E-state index in [1.807, 2.05) is 13.0 Å². The Morgan fingerprint density at radius 3 is 2.82 bits per heavy atom. The Labute approximate surface area is 125 Å². The molecule has 0 bridgehead atoms. The van der Waals surface area contributed by atoms with Crippen LogP contribution in [0.3, 0.4) is 0 Å². The molecule has 0 radical (unpaired) electrons. The Morgan fingerprint density at radius 2 is 2.09 bits per heavy atom. The van der Waals surface area contributed by atoms with Crippen molar-refractivity contribution in [1.29, 1.82) is 0 Å². The van der Waals surface area contributed by atoms with Gasteiger partial charge in [-0.3, -0.25) is 4.40 Å². The van der Waals surface area contributed by atoms with Crippen molar-refractivity contribution in [3.63, 3.8) is 0 Å². The van der Waals surface area contributed by atoms with Crippen molar-refractivity contribution in [3.05, 3.63) is 65.5 Å². The first kappa shape index (κ1) is 14.1. The molecule has 0 saturated heterocycles. The van der Waals surface area contributed by atoms with E-state index in [0.29, 0.717) is 11.3 Å². The number of ether oxygens (including phenoxy) is 1. The van der Waals surface area contributed by atoms with E-state index in [9.17, 15) is 14.3 Å². The van der Waals surface area contributed by atoms with Crippen molar-refractivity contribution >= 4 is 11.5 Å². The number of nitrogens with zero attached hydrogens (tertiary/aromatic N) is 2. The van der Waals surface area contributed by atoms with Gasteiger partial charge in [-0.2, -0.15) is 0 Å². The predicted octanol–water partition coefficient (Wildman–Crippen LogP) is 3.06. The Morgan fingerprint density at radius 1 is 1.32 bits per heavy atom. The minimum absolute atomic E-state index is 0.0289. The van der Waals surface area contributed by atoms with Crippen molar-refractivity contribution in [2.24, 2.45) is 0 Å². The van der Waals surface area contributed by atoms with Crippen LogP contribution < -0.4 is 4.74 Å². The van der Waals surface area contributed by atoms with Gasteiger partial charge < -0.3 is 9.84 Å². The molecule has 1 aromatic carbocycles. The number of aromatic carboxylic acids is 1. The molecule has 3 rings (SSSR count). The standard InChI is InChI=1S/C16H13FN2O3/c1-10-5-4-8-19-13(18-14(15(10)19)16(20)21)9-22-12-7-3-2-6-11(12)17/h2-8H,9H2,1H3,(H,20,21). The van der Waals surface area contributed by atoms with E-state index in [0.717, 1.165) is 5.56 Å². The summed E-state index contributed by atoms with van der Waals surface area (Å²) in [5, 5.41) is 9.27. The Kier molecular flexibility index (Phi) is 3.50. The minimum Gasteiger partial charge on any atom is -0.483 e. The topological polar surface area (TPSA) is 63.8 Å². The van der Waals surface area contributed by atoms with Gasteiger partial charge in [0.1, 0.15) is 6.61 Å². The van der Waals surface area contributed by atoms with Gasteiger partial charge in [-0.1, -0.05) is 18.2 Å². The zero-order chi connectivity index (χ0) is 15.7. The maximum absolute atomic E-state index is 13.6. The zero-order valence-electron chi connectivity index (χ0n) is 11.8. The van der Waals surface area contributed by atoms with Gasteiger partial charge >= 0.3 is 5.97 Å². The quantitative estimate of drug-likeness (QED) is 0.804. The summed E-state index contributed by atoms with van der Waals surface area (Å²) in [7, 11) is 0. The van der Waals surface area contributed by atoms with E-state index in [-0.39, 0.29) is 18.1 Å². The van der Waals surface area contributed by atoms with Gasteiger partial charge in [0.25, 0.3) is 0 Å². The predicted molar refractivity (Wildman–Crippen MR) is 77.6 cm³/mol. The minimum atomic E-state index is -1.11. The lowest BCUT2D eigenvalue weighted by Crippen LogP contribution is -2.02. The van der Waals surface area contributed by atoms with E-state index in [1.165, 1.54) is 12.1 Å². The van der Waals surface area contributed by atoms with Gasteiger partial charge in [-0.25, -0.2) is 14.2 Å². The molecule has 2 heterocycles. The normalized spacial score (nSPS) is 10.8. The lowest BCUT2D eigenvalue weighted by Gasteiger charge is -2.06. The highest BCUT2D eigenvalue weighted by atomic mass is 19.1. The molecule has 6 heteroatoms. The van der Waals surface area contributed by atoms with Crippen molar-refractivity contribution in [3.8, 4) is 5.75 Å². The Balaban J connectivity index is 2.00. The highest BCUT2D eigenvalue weighted by Crippen LogP contribution is 2.20. The number of fused-ring (bicyclic) bond motifs is 1. The van der Waals surface area contributed by atoms with Crippen molar-refractivity contribution < 1.29 is 19.0 Å². The summed E-state index contributed by atoms with van der Waals surface area (Å²) in [6, 6.07) is 9.64. The zero-order valence-corrected chi connectivity index (χ0v) is 11.8. The van der Waals surface area contributed by atoms with Crippen LogP contribution in [0.25, 0.3) is 5.52 Å². The number of carboxylic acids is 1. The molecule has 0 saturated carbocycles. The third-order valence-electron chi connectivity index (χ3n) is 3.34. The number of aryl methyl sites for hydroxylation is 1. The SMILES string of the molecule is Cc1cccn2c(COc3ccccc3F)nc(C(=O)O)c12. The van der Waals surface area contributed by atoms with Crippen molar-refractivity contribution in [2.45, 2.75) is 13.5 Å². The first-order valence-electron chi connectivity index (χ1n) is 6.65. The molecular weight excluding hydrogens is 287 g/mol. The van der Waals surface area contributed by atoms with Gasteiger partial charge in [0, 0.05) is 6.20 Å². The number of para-hydroxylation sites is 1. The third kappa shape index (κ3) is 2.39. The third-order valence-corrected chi connectivity index (χ3v) is 3.34.